The third-order valence-corrected chi connectivity index (χ3v) is 13.2. The van der Waals surface area contributed by atoms with Gasteiger partial charge >= 0.3 is 0 Å². The summed E-state index contributed by atoms with van der Waals surface area (Å²) in [5.41, 5.74) is 13.2. The summed E-state index contributed by atoms with van der Waals surface area (Å²) in [6.07, 6.45) is 0.469. The van der Waals surface area contributed by atoms with Crippen LogP contribution in [0.1, 0.15) is 114 Å². The molecule has 0 unspecified atom stereocenters. The van der Waals surface area contributed by atoms with Crippen LogP contribution in [0.15, 0.2) is 109 Å². The third kappa shape index (κ3) is 8.90. The Bertz CT molecular complexity index is 2780. The second-order valence-corrected chi connectivity index (χ2v) is 24.0. The molecule has 307 valence electrons. The molecule has 0 fully saturated rings. The van der Waals surface area contributed by atoms with Crippen LogP contribution < -0.4 is 5.19 Å². The number of nitrogens with zero attached hydrogens (tertiary/aromatic N) is 3. The van der Waals surface area contributed by atoms with Gasteiger partial charge in [0.25, 0.3) is 0 Å². The van der Waals surface area contributed by atoms with Gasteiger partial charge in [-0.25, -0.2) is 0 Å². The predicted octanol–water partition coefficient (Wildman–Crippen LogP) is 14.0. The zero-order valence-corrected chi connectivity index (χ0v) is 40.1. The van der Waals surface area contributed by atoms with Crippen molar-refractivity contribution in [2.75, 3.05) is 0 Å². The fraction of sp³-hybridized carbons (Fsp3) is 0.333. The zero-order chi connectivity index (χ0) is 46.0. The summed E-state index contributed by atoms with van der Waals surface area (Å²) in [7, 11) is -1.70. The van der Waals surface area contributed by atoms with Gasteiger partial charge in [0.2, 0.25) is 0 Å². The van der Waals surface area contributed by atoms with Crippen LogP contribution in [0.2, 0.25) is 19.6 Å². The minimum atomic E-state index is -2.14. The maximum absolute atomic E-state index is 8.75. The third-order valence-electron chi connectivity index (χ3n) is 11.2. The van der Waals surface area contributed by atoms with Gasteiger partial charge in [-0.2, -0.15) is 0 Å². The minimum absolute atomic E-state index is 0. The van der Waals surface area contributed by atoms with Crippen molar-refractivity contribution < 1.29 is 27.0 Å². The molecule has 0 atom stereocenters. The second-order valence-electron chi connectivity index (χ2n) is 18.9. The van der Waals surface area contributed by atoms with Crippen LogP contribution in [0.4, 0.5) is 0 Å². The van der Waals surface area contributed by atoms with Gasteiger partial charge in [0.15, 0.2) is 0 Å². The monoisotopic (exact) mass is 977 g/mol. The van der Waals surface area contributed by atoms with Gasteiger partial charge in [0.05, 0.1) is 24.9 Å². The van der Waals surface area contributed by atoms with Crippen molar-refractivity contribution >= 4 is 24.3 Å². The number of pyridine rings is 1. The number of rotatable bonds is 7. The molecule has 2 aromatic heterocycles. The molecular weight excluding hydrogens is 911 g/mol. The predicted molar refractivity (Wildman–Crippen MR) is 250 cm³/mol. The number of hydrogen-bond donors (Lipinski definition) is 0. The van der Waals surface area contributed by atoms with Gasteiger partial charge in [-0.15, -0.1) is 65.2 Å². The Morgan fingerprint density at radius 1 is 0.797 bits per heavy atom. The van der Waals surface area contributed by atoms with Crippen LogP contribution in [0, 0.1) is 24.4 Å². The molecule has 3 nitrogen and oxygen atoms in total. The molecule has 1 aliphatic rings. The summed E-state index contributed by atoms with van der Waals surface area (Å²) in [6, 6.07) is 41.3. The van der Waals surface area contributed by atoms with E-state index < -0.39 is 26.7 Å². The quantitative estimate of drug-likeness (QED) is 0.118. The summed E-state index contributed by atoms with van der Waals surface area (Å²) in [5.74, 6) is 1.54. The standard InChI is InChI=1S/C35H35N2.C19H26NSi.Ir/c1-21(2)25-11-10-12-26(22(3)4)33(25)37-32-14-9-8-13-31(32)36-34(37)24-16-18-29-28(20-24)27-17-15-23(5)19-30(27)35(29,6)7;1-19(2,3)13-16-12-17(15-10-8-7-9-11-15)20-14-18(16)21(4,5)6;/h8-15,17-22H,1-7H3;7-10,12,14H,13H2,1-6H3;/q2*-1;/i5D3;13D2;. The maximum atomic E-state index is 8.75. The largest absolute Gasteiger partial charge is 0.333 e. The topological polar surface area (TPSA) is 30.7 Å². The molecule has 0 saturated carbocycles. The second kappa shape index (κ2) is 16.9. The molecular formula is C54H61IrN3Si-2. The Kier molecular flexibility index (Phi) is 10.8. The first-order valence-corrected chi connectivity index (χ1v) is 24.1. The van der Waals surface area contributed by atoms with E-state index >= 15 is 0 Å². The Balaban J connectivity index is 0.000000243. The molecule has 1 aliphatic carbocycles. The number of imidazole rings is 1. The molecule has 1 radical (unpaired) electrons. The van der Waals surface area contributed by atoms with Crippen molar-refractivity contribution in [3.8, 4) is 39.5 Å². The van der Waals surface area contributed by atoms with E-state index in [4.69, 9.17) is 11.8 Å². The summed E-state index contributed by atoms with van der Waals surface area (Å²) >= 11 is 0. The summed E-state index contributed by atoms with van der Waals surface area (Å²) in [5, 5.41) is 1.09. The molecule has 8 rings (SSSR count). The molecule has 5 aromatic carbocycles. The average Bonchev–Trinajstić information content (AvgIpc) is 3.71. The van der Waals surface area contributed by atoms with E-state index in [0.29, 0.717) is 17.4 Å². The van der Waals surface area contributed by atoms with E-state index in [9.17, 15) is 0 Å². The van der Waals surface area contributed by atoms with Crippen molar-refractivity contribution in [1.82, 2.24) is 14.5 Å². The van der Waals surface area contributed by atoms with Gasteiger partial charge < -0.3 is 9.55 Å². The van der Waals surface area contributed by atoms with Crippen LogP contribution in [0.5, 0.6) is 0 Å². The van der Waals surface area contributed by atoms with E-state index in [1.54, 1.807) is 6.07 Å². The van der Waals surface area contributed by atoms with Crippen LogP contribution in [0.25, 0.3) is 50.5 Å². The molecule has 5 heteroatoms. The van der Waals surface area contributed by atoms with Gasteiger partial charge in [-0.3, -0.25) is 4.98 Å². The van der Waals surface area contributed by atoms with E-state index in [2.05, 4.69) is 131 Å². The van der Waals surface area contributed by atoms with Gasteiger partial charge in [-0.05, 0) is 81.2 Å². The van der Waals surface area contributed by atoms with E-state index in [0.717, 1.165) is 66.7 Å². The van der Waals surface area contributed by atoms with Crippen LogP contribution >= 0.6 is 0 Å². The van der Waals surface area contributed by atoms with Crippen LogP contribution in [0.3, 0.4) is 0 Å². The SMILES string of the molecule is [2H]C([2H])([2H])c1ccc2c(c1)C(C)(C)c1c[c-]c(-c3nc4ccccc4n3-c3c(C(C)C)cccc3C(C)C)cc1-2.[2H]C([2H])(c1cc(-c2[c-]cccc2)ncc1[Si](C)(C)C)C(C)(C)C.[Ir]. The van der Waals surface area contributed by atoms with E-state index in [1.807, 2.05) is 75.5 Å². The first-order chi connectivity index (χ1) is 29.3. The molecule has 0 saturated heterocycles. The van der Waals surface area contributed by atoms with Crippen LogP contribution in [-0.2, 0) is 31.9 Å². The van der Waals surface area contributed by atoms with Gasteiger partial charge in [0, 0.05) is 38.8 Å². The summed E-state index contributed by atoms with van der Waals surface area (Å²) < 4.78 is 43.7. The molecule has 2 heterocycles. The molecule has 0 spiro atoms. The number of aromatic nitrogens is 3. The van der Waals surface area contributed by atoms with Crippen molar-refractivity contribution in [2.45, 2.75) is 112 Å². The van der Waals surface area contributed by atoms with Crippen molar-refractivity contribution in [1.29, 1.82) is 0 Å². The van der Waals surface area contributed by atoms with Crippen molar-refractivity contribution in [3.05, 3.63) is 155 Å². The van der Waals surface area contributed by atoms with Crippen molar-refractivity contribution in [3.63, 3.8) is 0 Å². The Labute approximate surface area is 376 Å². The molecule has 0 N–H and O–H groups in total. The Hall–Kier alpha value is -4.41. The number of benzene rings is 5. The molecule has 0 bridgehead atoms. The number of fused-ring (bicyclic) bond motifs is 4. The molecule has 0 amide bonds. The molecule has 7 aromatic rings. The van der Waals surface area contributed by atoms with Gasteiger partial charge in [0.1, 0.15) is 0 Å². The fourth-order valence-electron chi connectivity index (χ4n) is 8.27. The first kappa shape index (κ1) is 37.6. The Morgan fingerprint density at radius 3 is 2.12 bits per heavy atom. The molecule has 59 heavy (non-hydrogen) atoms. The van der Waals surface area contributed by atoms with Crippen molar-refractivity contribution in [2.24, 2.45) is 5.41 Å². The zero-order valence-electron chi connectivity index (χ0n) is 41.7. The minimum Gasteiger partial charge on any atom is -0.333 e. The Morgan fingerprint density at radius 2 is 1.49 bits per heavy atom. The first-order valence-electron chi connectivity index (χ1n) is 23.1. The van der Waals surface area contributed by atoms with E-state index in [-0.39, 0.29) is 25.5 Å². The fourth-order valence-corrected chi connectivity index (χ4v) is 9.66. The number of aryl methyl sites for hydroxylation is 1. The average molecular weight is 977 g/mol. The molecule has 0 aliphatic heterocycles. The smallest absolute Gasteiger partial charge is 0.0798 e. The summed E-state index contributed by atoms with van der Waals surface area (Å²) in [4.78, 5) is 9.79. The van der Waals surface area contributed by atoms with Crippen LogP contribution in [-0.4, -0.2) is 22.6 Å². The maximum Gasteiger partial charge on any atom is 0.0798 e. The number of para-hydroxylation sites is 3. The number of hydrogen-bond acceptors (Lipinski definition) is 2. The van der Waals surface area contributed by atoms with E-state index in [1.165, 1.54) is 16.8 Å². The van der Waals surface area contributed by atoms with Gasteiger partial charge in [-0.1, -0.05) is 153 Å². The summed E-state index contributed by atoms with van der Waals surface area (Å²) in [6.45, 7) is 23.7. The normalized spacial score (nSPS) is 14.9.